The predicted molar refractivity (Wildman–Crippen MR) is 196 cm³/mol. The molecule has 6 rings (SSSR count). The number of hydrogen-bond acceptors (Lipinski definition) is 4. The van der Waals surface area contributed by atoms with Gasteiger partial charge in [-0.15, -0.1) is 11.8 Å². The molecule has 3 amide bonds. The number of amides is 3. The number of carbonyl (C=O) groups excluding carboxylic acids is 3. The Balaban J connectivity index is 1.18. The van der Waals surface area contributed by atoms with Gasteiger partial charge in [-0.3, -0.25) is 14.4 Å². The lowest BCUT2D eigenvalue weighted by molar-refractivity contribution is -0.116. The highest BCUT2D eigenvalue weighted by Gasteiger charge is 2.23. The molecule has 0 aliphatic carbocycles. The molecule has 48 heavy (non-hydrogen) atoms. The SMILES string of the molecule is O=C(Nc1ccc(SC(C(=O)Nc2ccc3ccccc3c2)c2ccccc2)cc1)/C(=C/c1ccc(Cl)cc1)NC(=O)c1ccccc1. The first-order valence-corrected chi connectivity index (χ1v) is 16.4. The van der Waals surface area contributed by atoms with Crippen molar-refractivity contribution < 1.29 is 14.4 Å². The molecule has 0 saturated carbocycles. The molecule has 0 bridgehead atoms. The van der Waals surface area contributed by atoms with Crippen molar-refractivity contribution in [2.45, 2.75) is 10.1 Å². The van der Waals surface area contributed by atoms with E-state index in [1.807, 2.05) is 91.0 Å². The number of hydrogen-bond donors (Lipinski definition) is 3. The second kappa shape index (κ2) is 15.3. The van der Waals surface area contributed by atoms with Crippen LogP contribution in [-0.2, 0) is 9.59 Å². The lowest BCUT2D eigenvalue weighted by Crippen LogP contribution is -2.30. The summed E-state index contributed by atoms with van der Waals surface area (Å²) in [7, 11) is 0. The third-order valence-electron chi connectivity index (χ3n) is 7.43. The van der Waals surface area contributed by atoms with Crippen molar-refractivity contribution in [3.63, 3.8) is 0 Å². The van der Waals surface area contributed by atoms with Crippen molar-refractivity contribution in [3.8, 4) is 0 Å². The minimum atomic E-state index is -0.528. The molecular weight excluding hydrogens is 638 g/mol. The maximum atomic E-state index is 13.7. The van der Waals surface area contributed by atoms with E-state index < -0.39 is 17.1 Å². The lowest BCUT2D eigenvalue weighted by Gasteiger charge is -2.18. The summed E-state index contributed by atoms with van der Waals surface area (Å²) in [5.74, 6) is -1.05. The highest BCUT2D eigenvalue weighted by molar-refractivity contribution is 8.00. The maximum absolute atomic E-state index is 13.7. The monoisotopic (exact) mass is 667 g/mol. The van der Waals surface area contributed by atoms with E-state index in [-0.39, 0.29) is 11.6 Å². The van der Waals surface area contributed by atoms with Gasteiger partial charge in [0.25, 0.3) is 11.8 Å². The molecule has 1 unspecified atom stereocenters. The quantitative estimate of drug-likeness (QED) is 0.100. The van der Waals surface area contributed by atoms with Crippen molar-refractivity contribution in [1.82, 2.24) is 5.32 Å². The van der Waals surface area contributed by atoms with E-state index >= 15 is 0 Å². The molecule has 236 valence electrons. The Morgan fingerprint density at radius 1 is 0.625 bits per heavy atom. The average molecular weight is 668 g/mol. The van der Waals surface area contributed by atoms with Crippen LogP contribution in [0.25, 0.3) is 16.8 Å². The fourth-order valence-electron chi connectivity index (χ4n) is 5.00. The first kappa shape index (κ1) is 32.3. The van der Waals surface area contributed by atoms with Gasteiger partial charge >= 0.3 is 0 Å². The molecule has 0 spiro atoms. The summed E-state index contributed by atoms with van der Waals surface area (Å²) >= 11 is 7.45. The molecule has 0 radical (unpaired) electrons. The molecular formula is C40H30ClN3O3S. The number of thioether (sulfide) groups is 1. The molecule has 0 aromatic heterocycles. The molecule has 0 aliphatic rings. The van der Waals surface area contributed by atoms with Crippen LogP contribution in [0.4, 0.5) is 11.4 Å². The minimum Gasteiger partial charge on any atom is -0.325 e. The Morgan fingerprint density at radius 2 is 1.25 bits per heavy atom. The van der Waals surface area contributed by atoms with Gasteiger partial charge in [0.1, 0.15) is 10.9 Å². The van der Waals surface area contributed by atoms with Crippen molar-refractivity contribution >= 4 is 69.3 Å². The van der Waals surface area contributed by atoms with E-state index in [2.05, 4.69) is 16.0 Å². The van der Waals surface area contributed by atoms with E-state index in [4.69, 9.17) is 11.6 Å². The summed E-state index contributed by atoms with van der Waals surface area (Å²) in [5.41, 5.74) is 3.30. The second-order valence-electron chi connectivity index (χ2n) is 10.9. The van der Waals surface area contributed by atoms with Crippen molar-refractivity contribution in [2.75, 3.05) is 10.6 Å². The van der Waals surface area contributed by atoms with Crippen LogP contribution in [0.15, 0.2) is 162 Å². The van der Waals surface area contributed by atoms with Crippen LogP contribution in [-0.4, -0.2) is 17.7 Å². The first-order chi connectivity index (χ1) is 23.4. The Kier molecular flexibility index (Phi) is 10.3. The molecule has 6 aromatic carbocycles. The topological polar surface area (TPSA) is 87.3 Å². The highest BCUT2D eigenvalue weighted by atomic mass is 35.5. The van der Waals surface area contributed by atoms with E-state index in [9.17, 15) is 14.4 Å². The number of benzene rings is 6. The Morgan fingerprint density at radius 3 is 1.96 bits per heavy atom. The number of rotatable bonds is 10. The van der Waals surface area contributed by atoms with Crippen LogP contribution < -0.4 is 16.0 Å². The van der Waals surface area contributed by atoms with E-state index in [1.165, 1.54) is 11.8 Å². The van der Waals surface area contributed by atoms with Gasteiger partial charge in [0.15, 0.2) is 0 Å². The Labute approximate surface area is 287 Å². The van der Waals surface area contributed by atoms with E-state index in [0.29, 0.717) is 21.8 Å². The van der Waals surface area contributed by atoms with Gasteiger partial charge in [0.2, 0.25) is 5.91 Å². The summed E-state index contributed by atoms with van der Waals surface area (Å²) in [4.78, 5) is 40.9. The minimum absolute atomic E-state index is 0.0686. The van der Waals surface area contributed by atoms with Crippen molar-refractivity contribution in [2.24, 2.45) is 0 Å². The normalized spacial score (nSPS) is 11.8. The zero-order chi connectivity index (χ0) is 33.3. The second-order valence-corrected chi connectivity index (χ2v) is 12.5. The van der Waals surface area contributed by atoms with Crippen LogP contribution in [0.2, 0.25) is 5.02 Å². The Hall–Kier alpha value is -5.63. The standard InChI is InChI=1S/C40H30ClN3O3S/c41-32-18-15-27(16-19-32)25-36(44-38(45)30-12-5-2-6-13-30)39(46)42-33-21-23-35(24-22-33)48-37(29-10-3-1-4-11-29)40(47)43-34-20-17-28-9-7-8-14-31(28)26-34/h1-26,37H,(H,42,46)(H,43,47)(H,44,45)/b36-25-. The number of nitrogens with one attached hydrogen (secondary N) is 3. The third kappa shape index (κ3) is 8.39. The summed E-state index contributed by atoms with van der Waals surface area (Å²) in [6.45, 7) is 0. The molecule has 0 saturated heterocycles. The van der Waals surface area contributed by atoms with Gasteiger partial charge in [-0.1, -0.05) is 103 Å². The van der Waals surface area contributed by atoms with Crippen LogP contribution in [0.5, 0.6) is 0 Å². The van der Waals surface area contributed by atoms with Crippen molar-refractivity contribution in [3.05, 3.63) is 179 Å². The van der Waals surface area contributed by atoms with Gasteiger partial charge in [-0.2, -0.15) is 0 Å². The zero-order valence-corrected chi connectivity index (χ0v) is 27.2. The Bertz CT molecular complexity index is 2090. The van der Waals surface area contributed by atoms with Crippen LogP contribution in [0, 0.1) is 0 Å². The van der Waals surface area contributed by atoms with Crippen LogP contribution in [0.3, 0.4) is 0 Å². The van der Waals surface area contributed by atoms with Gasteiger partial charge in [0.05, 0.1) is 0 Å². The molecule has 0 heterocycles. The summed E-state index contributed by atoms with van der Waals surface area (Å²) in [6, 6.07) is 46.3. The molecule has 0 aliphatic heterocycles. The highest BCUT2D eigenvalue weighted by Crippen LogP contribution is 2.37. The van der Waals surface area contributed by atoms with Crippen LogP contribution >= 0.6 is 23.4 Å². The molecule has 0 fully saturated rings. The number of fused-ring (bicyclic) bond motifs is 1. The molecule has 6 nitrogen and oxygen atoms in total. The van der Waals surface area contributed by atoms with Crippen molar-refractivity contribution in [1.29, 1.82) is 0 Å². The third-order valence-corrected chi connectivity index (χ3v) is 8.95. The van der Waals surface area contributed by atoms with Gasteiger partial charge in [0, 0.05) is 26.9 Å². The predicted octanol–water partition coefficient (Wildman–Crippen LogP) is 9.37. The zero-order valence-electron chi connectivity index (χ0n) is 25.6. The maximum Gasteiger partial charge on any atom is 0.272 e. The smallest absolute Gasteiger partial charge is 0.272 e. The summed E-state index contributed by atoms with van der Waals surface area (Å²) in [5, 5.41) is 10.9. The summed E-state index contributed by atoms with van der Waals surface area (Å²) in [6.07, 6.45) is 1.59. The average Bonchev–Trinajstić information content (AvgIpc) is 3.12. The molecule has 1 atom stereocenters. The fraction of sp³-hybridized carbons (Fsp3) is 0.0250. The fourth-order valence-corrected chi connectivity index (χ4v) is 6.15. The molecule has 8 heteroatoms. The number of halogens is 1. The number of anilines is 2. The van der Waals surface area contributed by atoms with Crippen LogP contribution in [0.1, 0.15) is 26.7 Å². The molecule has 3 N–H and O–H groups in total. The molecule has 6 aromatic rings. The first-order valence-electron chi connectivity index (χ1n) is 15.2. The van der Waals surface area contributed by atoms with Gasteiger partial charge in [-0.25, -0.2) is 0 Å². The number of carbonyl (C=O) groups is 3. The summed E-state index contributed by atoms with van der Waals surface area (Å²) < 4.78 is 0. The lowest BCUT2D eigenvalue weighted by atomic mass is 10.1. The van der Waals surface area contributed by atoms with E-state index in [0.717, 1.165) is 26.9 Å². The van der Waals surface area contributed by atoms with Gasteiger partial charge in [-0.05, 0) is 88.6 Å². The van der Waals surface area contributed by atoms with Gasteiger partial charge < -0.3 is 16.0 Å². The van der Waals surface area contributed by atoms with E-state index in [1.54, 1.807) is 66.7 Å². The largest absolute Gasteiger partial charge is 0.325 e.